The molecule has 0 aliphatic carbocycles. The molecule has 3 aromatic rings. The van der Waals surface area contributed by atoms with Crippen LogP contribution in [-0.2, 0) is 4.74 Å². The van der Waals surface area contributed by atoms with Crippen molar-refractivity contribution in [3.8, 4) is 11.4 Å². The van der Waals surface area contributed by atoms with Crippen LogP contribution in [0.1, 0.15) is 31.1 Å². The van der Waals surface area contributed by atoms with Gasteiger partial charge >= 0.3 is 0 Å². The van der Waals surface area contributed by atoms with Crippen molar-refractivity contribution in [3.63, 3.8) is 0 Å². The quantitative estimate of drug-likeness (QED) is 0.642. The molecule has 0 bridgehead atoms. The van der Waals surface area contributed by atoms with Crippen LogP contribution in [0.5, 0.6) is 0 Å². The first-order chi connectivity index (χ1) is 14.6. The summed E-state index contributed by atoms with van der Waals surface area (Å²) in [7, 11) is 7.96. The zero-order valence-corrected chi connectivity index (χ0v) is 18.6. The molecule has 2 radical (unpaired) electrons. The van der Waals surface area contributed by atoms with Crippen LogP contribution in [0.25, 0.3) is 22.4 Å². The lowest BCUT2D eigenvalue weighted by atomic mass is 10.1. The van der Waals surface area contributed by atoms with Crippen LogP contribution in [0.15, 0.2) is 18.3 Å². The number of carbonyl (C=O) groups is 1. The van der Waals surface area contributed by atoms with E-state index in [-0.39, 0.29) is 11.9 Å². The maximum absolute atomic E-state index is 12.8. The summed E-state index contributed by atoms with van der Waals surface area (Å²) in [5, 5.41) is 14.3. The first-order valence-electron chi connectivity index (χ1n) is 10.1. The van der Waals surface area contributed by atoms with E-state index < -0.39 is 0 Å². The van der Waals surface area contributed by atoms with Gasteiger partial charge in [0.1, 0.15) is 22.5 Å². The molecule has 10 heteroatoms. The molecule has 1 saturated heterocycles. The van der Waals surface area contributed by atoms with E-state index in [1.54, 1.807) is 25.2 Å². The molecule has 0 unspecified atom stereocenters. The Hall–Kier alpha value is -2.88. The number of nitrogens with zero attached hydrogens (tertiary/aromatic N) is 5. The fraction of sp³-hybridized carbons (Fsp3) is 0.500. The third-order valence-electron chi connectivity index (χ3n) is 4.56. The minimum atomic E-state index is -0.109. The van der Waals surface area contributed by atoms with Crippen molar-refractivity contribution >= 4 is 30.6 Å². The second-order valence-electron chi connectivity index (χ2n) is 6.61. The van der Waals surface area contributed by atoms with E-state index in [9.17, 15) is 4.79 Å². The molecule has 1 atom stereocenters. The first kappa shape index (κ1) is 23.4. The molecular formula is C20H30BN7O2. The highest BCUT2D eigenvalue weighted by molar-refractivity contribution is 6.07. The molecule has 1 amide bonds. The predicted molar refractivity (Wildman–Crippen MR) is 120 cm³/mol. The van der Waals surface area contributed by atoms with Crippen LogP contribution in [0.3, 0.4) is 0 Å². The Bertz CT molecular complexity index is 940. The standard InChI is InChI=1S/C17H21N7O2.C2H6.CH3B/c1-10-9-26-7-6-24(10)13-8-11(17(25)23(2)3)14-16(19-13)15(22-21-14)12-4-5-18-20-12;2*1-2/h4-5,8,10H,6-7,9H2,1-3H3,(H,18,20)(H,21,22);1-2H3;1H3/t10-;;/m1../s1. The van der Waals surface area contributed by atoms with Gasteiger partial charge in [0.2, 0.25) is 0 Å². The second kappa shape index (κ2) is 10.8. The summed E-state index contributed by atoms with van der Waals surface area (Å²) in [6, 6.07) is 3.84. The Morgan fingerprint density at radius 1 is 1.27 bits per heavy atom. The lowest BCUT2D eigenvalue weighted by Crippen LogP contribution is -2.44. The monoisotopic (exact) mass is 411 g/mol. The molecule has 160 valence electrons. The molecule has 1 aliphatic rings. The second-order valence-corrected chi connectivity index (χ2v) is 6.61. The number of carbonyl (C=O) groups excluding carboxylic acids is 1. The first-order valence-corrected chi connectivity index (χ1v) is 10.1. The Balaban J connectivity index is 0.000000757. The maximum atomic E-state index is 12.8. The number of nitrogens with one attached hydrogen (secondary N) is 2. The number of hydrogen-bond acceptors (Lipinski definition) is 6. The van der Waals surface area contributed by atoms with Crippen LogP contribution in [0, 0.1) is 0 Å². The van der Waals surface area contributed by atoms with E-state index in [4.69, 9.17) is 9.72 Å². The van der Waals surface area contributed by atoms with Gasteiger partial charge in [-0.1, -0.05) is 20.7 Å². The van der Waals surface area contributed by atoms with Gasteiger partial charge in [-0.05, 0) is 19.1 Å². The Morgan fingerprint density at radius 2 is 2.00 bits per heavy atom. The SMILES string of the molecule is CC.C[C@@H]1COCCN1c1cc(C(=O)N(C)C)c2n[nH]c(-c3ccn[nH]3)c2n1.[B]C. The molecule has 0 aromatic carbocycles. The number of H-pyrrole nitrogens is 2. The third-order valence-corrected chi connectivity index (χ3v) is 4.56. The highest BCUT2D eigenvalue weighted by Crippen LogP contribution is 2.30. The topological polar surface area (TPSA) is 103 Å². The molecule has 4 rings (SSSR count). The van der Waals surface area contributed by atoms with Crippen LogP contribution >= 0.6 is 0 Å². The van der Waals surface area contributed by atoms with Gasteiger partial charge in [-0.25, -0.2) is 4.98 Å². The molecule has 0 spiro atoms. The van der Waals surface area contributed by atoms with Crippen molar-refractivity contribution in [1.82, 2.24) is 30.3 Å². The summed E-state index contributed by atoms with van der Waals surface area (Å²) in [6.45, 7) is 9.59. The lowest BCUT2D eigenvalue weighted by molar-refractivity contribution is 0.0829. The van der Waals surface area contributed by atoms with Crippen LogP contribution in [0.2, 0.25) is 6.82 Å². The highest BCUT2D eigenvalue weighted by atomic mass is 16.5. The minimum Gasteiger partial charge on any atom is -0.377 e. The van der Waals surface area contributed by atoms with Gasteiger partial charge in [-0.15, -0.1) is 0 Å². The molecule has 0 saturated carbocycles. The van der Waals surface area contributed by atoms with Crippen molar-refractivity contribution in [1.29, 1.82) is 0 Å². The summed E-state index contributed by atoms with van der Waals surface area (Å²) in [5.41, 5.74) is 3.22. The van der Waals surface area contributed by atoms with Gasteiger partial charge in [0.05, 0.1) is 38.4 Å². The van der Waals surface area contributed by atoms with Crippen molar-refractivity contribution in [2.75, 3.05) is 38.8 Å². The zero-order chi connectivity index (χ0) is 22.3. The van der Waals surface area contributed by atoms with E-state index in [0.29, 0.717) is 35.5 Å². The summed E-state index contributed by atoms with van der Waals surface area (Å²) >= 11 is 0. The maximum Gasteiger partial charge on any atom is 0.255 e. The minimum absolute atomic E-state index is 0.109. The lowest BCUT2D eigenvalue weighted by Gasteiger charge is -2.34. The number of anilines is 1. The smallest absolute Gasteiger partial charge is 0.255 e. The van der Waals surface area contributed by atoms with E-state index in [0.717, 1.165) is 18.1 Å². The van der Waals surface area contributed by atoms with Gasteiger partial charge in [-0.3, -0.25) is 15.0 Å². The van der Waals surface area contributed by atoms with Crippen molar-refractivity contribution in [2.24, 2.45) is 0 Å². The van der Waals surface area contributed by atoms with Gasteiger partial charge in [0, 0.05) is 26.8 Å². The number of aromatic amines is 2. The molecular weight excluding hydrogens is 381 g/mol. The highest BCUT2D eigenvalue weighted by Gasteiger charge is 2.25. The largest absolute Gasteiger partial charge is 0.377 e. The molecule has 30 heavy (non-hydrogen) atoms. The Morgan fingerprint density at radius 3 is 2.60 bits per heavy atom. The van der Waals surface area contributed by atoms with E-state index in [1.165, 1.54) is 6.82 Å². The van der Waals surface area contributed by atoms with Gasteiger partial charge in [0.15, 0.2) is 0 Å². The molecule has 4 heterocycles. The van der Waals surface area contributed by atoms with Crippen LogP contribution < -0.4 is 4.90 Å². The number of morpholine rings is 1. The number of ether oxygens (including phenoxy) is 1. The molecule has 3 aromatic heterocycles. The summed E-state index contributed by atoms with van der Waals surface area (Å²) in [4.78, 5) is 21.3. The number of aromatic nitrogens is 5. The normalized spacial score (nSPS) is 15.7. The van der Waals surface area contributed by atoms with Gasteiger partial charge < -0.3 is 14.5 Å². The third kappa shape index (κ3) is 4.64. The molecule has 2 N–H and O–H groups in total. The zero-order valence-electron chi connectivity index (χ0n) is 18.6. The van der Waals surface area contributed by atoms with E-state index in [1.807, 2.05) is 26.0 Å². The Labute approximate surface area is 178 Å². The van der Waals surface area contributed by atoms with Gasteiger partial charge in [-0.2, -0.15) is 10.2 Å². The predicted octanol–water partition coefficient (Wildman–Crippen LogP) is 2.50. The van der Waals surface area contributed by atoms with Gasteiger partial charge in [0.25, 0.3) is 5.91 Å². The summed E-state index contributed by atoms with van der Waals surface area (Å²) < 4.78 is 5.53. The number of hydrogen-bond donors (Lipinski definition) is 2. The molecule has 1 aliphatic heterocycles. The number of fused-ring (bicyclic) bond motifs is 1. The number of amides is 1. The van der Waals surface area contributed by atoms with Crippen molar-refractivity contribution in [2.45, 2.75) is 33.6 Å². The molecule has 9 nitrogen and oxygen atoms in total. The van der Waals surface area contributed by atoms with E-state index >= 15 is 0 Å². The van der Waals surface area contributed by atoms with Crippen molar-refractivity contribution < 1.29 is 9.53 Å². The number of rotatable bonds is 3. The van der Waals surface area contributed by atoms with E-state index in [2.05, 4.69) is 40.1 Å². The van der Waals surface area contributed by atoms with Crippen LogP contribution in [0.4, 0.5) is 5.82 Å². The number of pyridine rings is 1. The van der Waals surface area contributed by atoms with Crippen LogP contribution in [-0.4, -0.2) is 83.9 Å². The Kier molecular flexibility index (Phi) is 8.40. The average molecular weight is 411 g/mol. The fourth-order valence-corrected chi connectivity index (χ4v) is 3.18. The fourth-order valence-electron chi connectivity index (χ4n) is 3.18. The van der Waals surface area contributed by atoms with Crippen molar-refractivity contribution in [3.05, 3.63) is 23.9 Å². The summed E-state index contributed by atoms with van der Waals surface area (Å²) in [5.74, 6) is 0.642. The molecule has 1 fully saturated rings. The summed E-state index contributed by atoms with van der Waals surface area (Å²) in [6.07, 6.45) is 1.67. The average Bonchev–Trinajstić information content (AvgIpc) is 3.45.